The standard InChI is InChI=1S/C26H42O7/c1-17-12-13-21-18(2)22(16-19(27)10-8-6-4-5-7-9-11-23(28)29)30-24-26(21)20(17)14-15-25(3,31-24)32-33-26/h17-18,20-22,24H,4-16H2,1-3H3,(H,28,29)/t17-,18-,20+,21+,22-,24-,25-,26-/m1/s1. The minimum Gasteiger partial charge on any atom is -0.481 e. The number of fused-ring (bicyclic) bond motifs is 2. The van der Waals surface area contributed by atoms with Gasteiger partial charge in [0.05, 0.1) is 6.10 Å². The van der Waals surface area contributed by atoms with Crippen LogP contribution in [-0.2, 0) is 28.8 Å². The van der Waals surface area contributed by atoms with Crippen LogP contribution in [0.25, 0.3) is 0 Å². The number of Topliss-reactive ketones (excluding diaryl/α,β-unsaturated/α-hetero) is 1. The summed E-state index contributed by atoms with van der Waals surface area (Å²) in [6.45, 7) is 6.45. The lowest BCUT2D eigenvalue weighted by atomic mass is 9.57. The maximum atomic E-state index is 12.8. The molecule has 0 amide bonds. The SMILES string of the molecule is C[C@H]1[C@@H](CC(=O)CCCCCCCCC(=O)O)O[C@@H]2O[C@@]3(C)CC[C@H]4[C@H](C)CC[C@@H]1[C@@]24OO3. The van der Waals surface area contributed by atoms with E-state index in [0.717, 1.165) is 57.8 Å². The first-order valence-corrected chi connectivity index (χ1v) is 13.2. The van der Waals surface area contributed by atoms with Gasteiger partial charge in [0, 0.05) is 31.6 Å². The van der Waals surface area contributed by atoms with Crippen molar-refractivity contribution >= 4 is 11.8 Å². The summed E-state index contributed by atoms with van der Waals surface area (Å²) in [5, 5.41) is 8.68. The van der Waals surface area contributed by atoms with Crippen molar-refractivity contribution in [1.82, 2.24) is 0 Å². The Kier molecular flexibility index (Phi) is 7.83. The molecule has 1 saturated carbocycles. The first-order chi connectivity index (χ1) is 15.7. The predicted molar refractivity (Wildman–Crippen MR) is 121 cm³/mol. The predicted octanol–water partition coefficient (Wildman–Crippen LogP) is 5.40. The van der Waals surface area contributed by atoms with Gasteiger partial charge >= 0.3 is 5.97 Å². The molecule has 1 spiro atoms. The molecule has 1 aliphatic carbocycles. The third-order valence-corrected chi connectivity index (χ3v) is 8.82. The minimum atomic E-state index is -0.781. The number of carboxylic acids is 1. The van der Waals surface area contributed by atoms with Crippen LogP contribution in [0.3, 0.4) is 0 Å². The zero-order chi connectivity index (χ0) is 23.6. The van der Waals surface area contributed by atoms with E-state index in [9.17, 15) is 9.59 Å². The van der Waals surface area contributed by atoms with Crippen LogP contribution in [0.5, 0.6) is 0 Å². The van der Waals surface area contributed by atoms with Gasteiger partial charge < -0.3 is 14.6 Å². The molecule has 1 N–H and O–H groups in total. The Morgan fingerprint density at radius 1 is 0.909 bits per heavy atom. The Morgan fingerprint density at radius 3 is 2.33 bits per heavy atom. The minimum absolute atomic E-state index is 0.144. The molecule has 0 aromatic heterocycles. The second-order valence-corrected chi connectivity index (χ2v) is 11.2. The van der Waals surface area contributed by atoms with Gasteiger partial charge in [0.15, 0.2) is 11.9 Å². The van der Waals surface area contributed by atoms with Gasteiger partial charge in [-0.1, -0.05) is 39.5 Å². The molecule has 0 aromatic carbocycles. The van der Waals surface area contributed by atoms with Gasteiger partial charge in [0.2, 0.25) is 5.79 Å². The fourth-order valence-electron chi connectivity index (χ4n) is 6.84. The highest BCUT2D eigenvalue weighted by atomic mass is 17.3. The molecule has 5 fully saturated rings. The fourth-order valence-corrected chi connectivity index (χ4v) is 6.84. The molecule has 0 radical (unpaired) electrons. The second-order valence-electron chi connectivity index (χ2n) is 11.2. The van der Waals surface area contributed by atoms with E-state index in [1.807, 2.05) is 6.92 Å². The number of carbonyl (C=O) groups excluding carboxylic acids is 1. The summed E-state index contributed by atoms with van der Waals surface area (Å²) in [7, 11) is 0. The number of ether oxygens (including phenoxy) is 2. The van der Waals surface area contributed by atoms with Crippen molar-refractivity contribution in [3.63, 3.8) is 0 Å². The fraction of sp³-hybridized carbons (Fsp3) is 0.923. The lowest BCUT2D eigenvalue weighted by Crippen LogP contribution is -2.70. The van der Waals surface area contributed by atoms with Gasteiger partial charge in [-0.2, -0.15) is 0 Å². The van der Waals surface area contributed by atoms with Crippen molar-refractivity contribution in [2.75, 3.05) is 0 Å². The molecule has 0 aromatic rings. The van der Waals surface area contributed by atoms with Gasteiger partial charge in [0.1, 0.15) is 5.78 Å². The average Bonchev–Trinajstić information content (AvgIpc) is 2.99. The van der Waals surface area contributed by atoms with E-state index in [1.165, 1.54) is 6.42 Å². The maximum Gasteiger partial charge on any atom is 0.303 e. The monoisotopic (exact) mass is 466 g/mol. The van der Waals surface area contributed by atoms with Crippen LogP contribution in [0.15, 0.2) is 0 Å². The Morgan fingerprint density at radius 2 is 1.61 bits per heavy atom. The van der Waals surface area contributed by atoms with Gasteiger partial charge in [0.25, 0.3) is 0 Å². The van der Waals surface area contributed by atoms with Crippen LogP contribution < -0.4 is 0 Å². The van der Waals surface area contributed by atoms with Crippen molar-refractivity contribution in [1.29, 1.82) is 0 Å². The van der Waals surface area contributed by atoms with E-state index in [0.29, 0.717) is 24.7 Å². The largest absolute Gasteiger partial charge is 0.481 e. The molecular formula is C26H42O7. The number of aliphatic carboxylic acids is 1. The van der Waals surface area contributed by atoms with E-state index < -0.39 is 23.6 Å². The molecule has 4 heterocycles. The molecule has 4 aliphatic heterocycles. The molecule has 8 atom stereocenters. The van der Waals surface area contributed by atoms with Crippen LogP contribution >= 0.6 is 0 Å². The molecule has 0 unspecified atom stereocenters. The maximum absolute atomic E-state index is 12.8. The van der Waals surface area contributed by atoms with Crippen molar-refractivity contribution in [2.45, 2.75) is 128 Å². The molecule has 4 saturated heterocycles. The van der Waals surface area contributed by atoms with Crippen molar-refractivity contribution in [2.24, 2.45) is 23.7 Å². The summed E-state index contributed by atoms with van der Waals surface area (Å²) in [5.74, 6) is 0.121. The number of ketones is 1. The summed E-state index contributed by atoms with van der Waals surface area (Å²) < 4.78 is 12.9. The van der Waals surface area contributed by atoms with E-state index in [1.54, 1.807) is 0 Å². The van der Waals surface area contributed by atoms with E-state index in [2.05, 4.69) is 13.8 Å². The van der Waals surface area contributed by atoms with Crippen molar-refractivity contribution in [3.05, 3.63) is 0 Å². The highest BCUT2D eigenvalue weighted by Gasteiger charge is 2.69. The number of carboxylic acid groups (broad SMARTS) is 1. The topological polar surface area (TPSA) is 91.3 Å². The third-order valence-electron chi connectivity index (χ3n) is 8.82. The number of hydrogen-bond donors (Lipinski definition) is 1. The van der Waals surface area contributed by atoms with Crippen LogP contribution in [0, 0.1) is 23.7 Å². The molecule has 188 valence electrons. The molecule has 5 aliphatic rings. The lowest BCUT2D eigenvalue weighted by Gasteiger charge is -2.60. The van der Waals surface area contributed by atoms with Crippen molar-refractivity contribution in [3.8, 4) is 0 Å². The zero-order valence-corrected chi connectivity index (χ0v) is 20.6. The quantitative estimate of drug-likeness (QED) is 0.322. The molecular weight excluding hydrogens is 424 g/mol. The second kappa shape index (κ2) is 10.3. The van der Waals surface area contributed by atoms with Gasteiger partial charge in [-0.3, -0.25) is 9.59 Å². The Hall–Kier alpha value is -1.02. The summed E-state index contributed by atoms with van der Waals surface area (Å²) in [6, 6.07) is 0. The highest BCUT2D eigenvalue weighted by Crippen LogP contribution is 2.60. The van der Waals surface area contributed by atoms with Gasteiger partial charge in [-0.05, 0) is 56.8 Å². The Labute approximate surface area is 197 Å². The molecule has 5 rings (SSSR count). The molecule has 2 bridgehead atoms. The Balaban J connectivity index is 1.29. The summed E-state index contributed by atoms with van der Waals surface area (Å²) in [5.41, 5.74) is -0.562. The van der Waals surface area contributed by atoms with E-state index in [-0.39, 0.29) is 30.1 Å². The third kappa shape index (κ3) is 5.16. The number of carbonyl (C=O) groups is 2. The summed E-state index contributed by atoms with van der Waals surface area (Å²) in [6.07, 6.45) is 10.4. The van der Waals surface area contributed by atoms with Gasteiger partial charge in [-0.15, -0.1) is 0 Å². The summed E-state index contributed by atoms with van der Waals surface area (Å²) >= 11 is 0. The normalized spacial score (nSPS) is 41.9. The van der Waals surface area contributed by atoms with Crippen LogP contribution in [-0.4, -0.2) is 40.6 Å². The zero-order valence-electron chi connectivity index (χ0n) is 20.6. The number of hydrogen-bond acceptors (Lipinski definition) is 6. The van der Waals surface area contributed by atoms with Crippen LogP contribution in [0.1, 0.15) is 104 Å². The molecule has 7 heteroatoms. The van der Waals surface area contributed by atoms with E-state index in [4.69, 9.17) is 24.4 Å². The van der Waals surface area contributed by atoms with E-state index >= 15 is 0 Å². The molecule has 33 heavy (non-hydrogen) atoms. The molecule has 7 nitrogen and oxygen atoms in total. The van der Waals surface area contributed by atoms with Crippen LogP contribution in [0.4, 0.5) is 0 Å². The van der Waals surface area contributed by atoms with Crippen LogP contribution in [0.2, 0.25) is 0 Å². The van der Waals surface area contributed by atoms with Crippen molar-refractivity contribution < 1.29 is 33.9 Å². The lowest BCUT2D eigenvalue weighted by molar-refractivity contribution is -0.570. The Bertz CT molecular complexity index is 711. The first kappa shape index (κ1) is 25.1. The van der Waals surface area contributed by atoms with Gasteiger partial charge in [-0.25, -0.2) is 9.78 Å². The average molecular weight is 467 g/mol. The number of unbranched alkanes of at least 4 members (excludes halogenated alkanes) is 5. The highest BCUT2D eigenvalue weighted by molar-refractivity contribution is 5.78. The number of rotatable bonds is 11. The summed E-state index contributed by atoms with van der Waals surface area (Å²) in [4.78, 5) is 35.4. The first-order valence-electron chi connectivity index (χ1n) is 13.2. The smallest absolute Gasteiger partial charge is 0.303 e.